The van der Waals surface area contributed by atoms with E-state index in [1.54, 1.807) is 0 Å². The van der Waals surface area contributed by atoms with Gasteiger partial charge in [0, 0.05) is 21.7 Å². The van der Waals surface area contributed by atoms with Gasteiger partial charge in [0.1, 0.15) is 11.2 Å². The molecule has 0 aliphatic heterocycles. The monoisotopic (exact) mass is 295 g/mol. The lowest BCUT2D eigenvalue weighted by molar-refractivity contribution is 0.670. The molecule has 0 atom stereocenters. The Labute approximate surface area is 133 Å². The fraction of sp³-hybridized carbons (Fsp3) is 0. The Bertz CT molecular complexity index is 1170. The smallest absolute Gasteiger partial charge is 0.144 e. The van der Waals surface area contributed by atoms with E-state index in [1.807, 2.05) is 36.4 Å². The van der Waals surface area contributed by atoms with Gasteiger partial charge in [-0.3, -0.25) is 0 Å². The standard InChI is InChI=1S/C21H13NO/c1-3-10-18-14(6-1)12-13-19(22-18)17-9-5-8-16-15-7-2-4-11-20(15)23-21(16)17/h1-13H. The molecule has 0 fully saturated rings. The van der Waals surface area contributed by atoms with Crippen LogP contribution in [0.1, 0.15) is 0 Å². The molecule has 5 aromatic rings. The maximum atomic E-state index is 6.11. The predicted octanol–water partition coefficient (Wildman–Crippen LogP) is 5.80. The molecule has 5 rings (SSSR count). The second-order valence-corrected chi connectivity index (χ2v) is 5.67. The van der Waals surface area contributed by atoms with E-state index in [9.17, 15) is 0 Å². The van der Waals surface area contributed by atoms with Gasteiger partial charge in [-0.2, -0.15) is 0 Å². The number of hydrogen-bond donors (Lipinski definition) is 0. The Morgan fingerprint density at radius 1 is 0.652 bits per heavy atom. The second kappa shape index (κ2) is 4.68. The summed E-state index contributed by atoms with van der Waals surface area (Å²) in [6.45, 7) is 0. The van der Waals surface area contributed by atoms with E-state index >= 15 is 0 Å². The second-order valence-electron chi connectivity index (χ2n) is 5.67. The fourth-order valence-corrected chi connectivity index (χ4v) is 3.16. The van der Waals surface area contributed by atoms with Gasteiger partial charge in [0.2, 0.25) is 0 Å². The molecule has 0 spiro atoms. The number of hydrogen-bond acceptors (Lipinski definition) is 2. The number of fused-ring (bicyclic) bond motifs is 4. The summed E-state index contributed by atoms with van der Waals surface area (Å²) in [7, 11) is 0. The number of aromatic nitrogens is 1. The normalized spacial score (nSPS) is 11.5. The SMILES string of the molecule is c1ccc2nc(-c3cccc4c3oc3ccccc34)ccc2c1. The highest BCUT2D eigenvalue weighted by atomic mass is 16.3. The van der Waals surface area contributed by atoms with Crippen molar-refractivity contribution in [3.8, 4) is 11.3 Å². The van der Waals surface area contributed by atoms with Crippen molar-refractivity contribution in [2.24, 2.45) is 0 Å². The quantitative estimate of drug-likeness (QED) is 0.390. The minimum absolute atomic E-state index is 0.900. The van der Waals surface area contributed by atoms with Crippen molar-refractivity contribution in [2.75, 3.05) is 0 Å². The summed E-state index contributed by atoms with van der Waals surface area (Å²) in [5.74, 6) is 0. The van der Waals surface area contributed by atoms with E-state index in [1.165, 1.54) is 0 Å². The summed E-state index contributed by atoms with van der Waals surface area (Å²) in [5, 5.41) is 3.42. The Hall–Kier alpha value is -3.13. The van der Waals surface area contributed by atoms with E-state index in [-0.39, 0.29) is 0 Å². The van der Waals surface area contributed by atoms with Gasteiger partial charge in [-0.25, -0.2) is 4.98 Å². The highest BCUT2D eigenvalue weighted by Crippen LogP contribution is 2.35. The zero-order valence-corrected chi connectivity index (χ0v) is 12.4. The van der Waals surface area contributed by atoms with E-state index in [2.05, 4.69) is 42.5 Å². The molecule has 3 aromatic carbocycles. The third kappa shape index (κ3) is 1.85. The molecule has 0 saturated carbocycles. The minimum atomic E-state index is 0.900. The largest absolute Gasteiger partial charge is 0.455 e. The van der Waals surface area contributed by atoms with Crippen LogP contribution in [0.3, 0.4) is 0 Å². The van der Waals surface area contributed by atoms with Crippen molar-refractivity contribution in [1.29, 1.82) is 0 Å². The van der Waals surface area contributed by atoms with Crippen molar-refractivity contribution in [2.45, 2.75) is 0 Å². The summed E-state index contributed by atoms with van der Waals surface area (Å²) < 4.78 is 6.11. The molecular formula is C21H13NO. The first-order chi connectivity index (χ1) is 11.4. The highest BCUT2D eigenvalue weighted by molar-refractivity contribution is 6.09. The Morgan fingerprint density at radius 3 is 2.48 bits per heavy atom. The van der Waals surface area contributed by atoms with Crippen molar-refractivity contribution in [3.63, 3.8) is 0 Å². The molecule has 0 unspecified atom stereocenters. The van der Waals surface area contributed by atoms with Crippen LogP contribution in [-0.4, -0.2) is 4.98 Å². The van der Waals surface area contributed by atoms with E-state index in [0.29, 0.717) is 0 Å². The maximum absolute atomic E-state index is 6.11. The van der Waals surface area contributed by atoms with Gasteiger partial charge in [0.25, 0.3) is 0 Å². The molecule has 0 aliphatic carbocycles. The first-order valence-electron chi connectivity index (χ1n) is 7.66. The van der Waals surface area contributed by atoms with Gasteiger partial charge in [0.05, 0.1) is 11.2 Å². The number of pyridine rings is 1. The molecule has 0 N–H and O–H groups in total. The molecule has 0 saturated heterocycles. The van der Waals surface area contributed by atoms with Crippen LogP contribution in [-0.2, 0) is 0 Å². The summed E-state index contributed by atoms with van der Waals surface area (Å²) in [5.41, 5.74) is 4.78. The predicted molar refractivity (Wildman–Crippen MR) is 94.5 cm³/mol. The molecule has 2 heteroatoms. The first kappa shape index (κ1) is 12.4. The van der Waals surface area contributed by atoms with E-state index < -0.39 is 0 Å². The molecule has 2 nitrogen and oxygen atoms in total. The zero-order valence-electron chi connectivity index (χ0n) is 12.4. The van der Waals surface area contributed by atoms with E-state index in [4.69, 9.17) is 9.40 Å². The lowest BCUT2D eigenvalue weighted by Gasteiger charge is -2.04. The Balaban J connectivity index is 1.84. The third-order valence-corrected chi connectivity index (χ3v) is 4.28. The number of nitrogens with zero attached hydrogens (tertiary/aromatic N) is 1. The fourth-order valence-electron chi connectivity index (χ4n) is 3.16. The molecule has 2 heterocycles. The van der Waals surface area contributed by atoms with Crippen LogP contribution in [0.15, 0.2) is 83.3 Å². The van der Waals surface area contributed by atoms with Gasteiger partial charge in [0.15, 0.2) is 0 Å². The summed E-state index contributed by atoms with van der Waals surface area (Å²) in [4.78, 5) is 4.81. The van der Waals surface area contributed by atoms with Gasteiger partial charge >= 0.3 is 0 Å². The molecule has 0 amide bonds. The number of benzene rings is 3. The van der Waals surface area contributed by atoms with Crippen molar-refractivity contribution < 1.29 is 4.42 Å². The molecule has 108 valence electrons. The molecule has 23 heavy (non-hydrogen) atoms. The summed E-state index contributed by atoms with van der Waals surface area (Å²) >= 11 is 0. The van der Waals surface area contributed by atoms with Crippen LogP contribution in [0.4, 0.5) is 0 Å². The van der Waals surface area contributed by atoms with Crippen LogP contribution in [0.2, 0.25) is 0 Å². The molecule has 2 aromatic heterocycles. The van der Waals surface area contributed by atoms with Gasteiger partial charge in [-0.15, -0.1) is 0 Å². The Kier molecular flexibility index (Phi) is 2.53. The third-order valence-electron chi connectivity index (χ3n) is 4.28. The van der Waals surface area contributed by atoms with Gasteiger partial charge < -0.3 is 4.42 Å². The lowest BCUT2D eigenvalue weighted by atomic mass is 10.1. The van der Waals surface area contributed by atoms with Crippen LogP contribution < -0.4 is 0 Å². The zero-order chi connectivity index (χ0) is 15.2. The van der Waals surface area contributed by atoms with Gasteiger partial charge in [-0.05, 0) is 24.3 Å². The van der Waals surface area contributed by atoms with E-state index in [0.717, 1.165) is 44.1 Å². The highest BCUT2D eigenvalue weighted by Gasteiger charge is 2.12. The van der Waals surface area contributed by atoms with Crippen molar-refractivity contribution in [3.05, 3.63) is 78.9 Å². The van der Waals surface area contributed by atoms with Crippen LogP contribution >= 0.6 is 0 Å². The first-order valence-corrected chi connectivity index (χ1v) is 7.66. The molecule has 0 bridgehead atoms. The van der Waals surface area contributed by atoms with Gasteiger partial charge in [-0.1, -0.05) is 54.6 Å². The average Bonchev–Trinajstić information content (AvgIpc) is 3.00. The summed E-state index contributed by atoms with van der Waals surface area (Å²) in [6, 6.07) is 26.7. The number of rotatable bonds is 1. The van der Waals surface area contributed by atoms with Crippen molar-refractivity contribution >= 4 is 32.8 Å². The maximum Gasteiger partial charge on any atom is 0.144 e. The average molecular weight is 295 g/mol. The molecule has 0 aliphatic rings. The van der Waals surface area contributed by atoms with Crippen LogP contribution in [0.25, 0.3) is 44.1 Å². The number of furan rings is 1. The Morgan fingerprint density at radius 2 is 1.48 bits per heavy atom. The molecular weight excluding hydrogens is 282 g/mol. The molecule has 0 radical (unpaired) electrons. The minimum Gasteiger partial charge on any atom is -0.455 e. The van der Waals surface area contributed by atoms with Crippen molar-refractivity contribution in [1.82, 2.24) is 4.98 Å². The number of para-hydroxylation sites is 3. The van der Waals surface area contributed by atoms with Crippen LogP contribution in [0.5, 0.6) is 0 Å². The van der Waals surface area contributed by atoms with Crippen LogP contribution in [0, 0.1) is 0 Å². The lowest BCUT2D eigenvalue weighted by Crippen LogP contribution is -1.85. The summed E-state index contributed by atoms with van der Waals surface area (Å²) in [6.07, 6.45) is 0. The topological polar surface area (TPSA) is 26.0 Å².